The van der Waals surface area contributed by atoms with Crippen molar-refractivity contribution >= 4 is 34.4 Å². The van der Waals surface area contributed by atoms with Gasteiger partial charge in [-0.2, -0.15) is 10.2 Å². The van der Waals surface area contributed by atoms with E-state index in [1.165, 1.54) is 0 Å². The third-order valence-electron chi connectivity index (χ3n) is 8.12. The Bertz CT molecular complexity index is 2030. The minimum absolute atomic E-state index is 0.693. The van der Waals surface area contributed by atoms with Crippen molar-refractivity contribution in [3.05, 3.63) is 194 Å². The van der Waals surface area contributed by atoms with Gasteiger partial charge in [0.15, 0.2) is 0 Å². The van der Waals surface area contributed by atoms with Gasteiger partial charge in [0.1, 0.15) is 23.1 Å². The van der Waals surface area contributed by atoms with E-state index >= 15 is 0 Å². The molecule has 2 aromatic heterocycles. The second kappa shape index (κ2) is 13.5. The molecule has 0 spiro atoms. The minimum Gasteiger partial charge on any atom is -0.457 e. The van der Waals surface area contributed by atoms with Gasteiger partial charge in [-0.25, -0.2) is 9.36 Å². The van der Waals surface area contributed by atoms with E-state index < -0.39 is 0 Å². The number of benzene rings is 6. The van der Waals surface area contributed by atoms with Crippen molar-refractivity contribution in [3.63, 3.8) is 0 Å². The van der Waals surface area contributed by atoms with Gasteiger partial charge in [-0.15, -0.1) is 0 Å². The average Bonchev–Trinajstić information content (AvgIpc) is 3.85. The molecule has 49 heavy (non-hydrogen) atoms. The van der Waals surface area contributed by atoms with Crippen LogP contribution in [-0.2, 0) is 0 Å². The fourth-order valence-corrected chi connectivity index (χ4v) is 5.96. The first kappa shape index (κ1) is 29.5. The Morgan fingerprint density at radius 3 is 1.06 bits per heavy atom. The Balaban J connectivity index is 1.11. The van der Waals surface area contributed by atoms with E-state index in [2.05, 4.69) is 58.3 Å². The highest BCUT2D eigenvalue weighted by Gasteiger charge is 2.19. The van der Waals surface area contributed by atoms with E-state index in [1.807, 2.05) is 155 Å². The quantitative estimate of drug-likeness (QED) is 0.149. The maximum atomic E-state index is 6.49. The van der Waals surface area contributed by atoms with Crippen molar-refractivity contribution < 1.29 is 4.74 Å². The molecule has 7 nitrogen and oxygen atoms in total. The molecule has 0 atom stereocenters. The molecule has 0 fully saturated rings. The van der Waals surface area contributed by atoms with Crippen molar-refractivity contribution in [1.82, 2.24) is 19.6 Å². The van der Waals surface area contributed by atoms with Gasteiger partial charge in [-0.3, -0.25) is 9.80 Å². The smallest absolute Gasteiger partial charge is 0.141 e. The predicted octanol–water partition coefficient (Wildman–Crippen LogP) is 10.8. The number of hydrogen-bond acceptors (Lipinski definition) is 5. The third-order valence-corrected chi connectivity index (χ3v) is 8.12. The van der Waals surface area contributed by atoms with Crippen LogP contribution in [0, 0.1) is 0 Å². The Labute approximate surface area is 285 Å². The molecule has 0 saturated carbocycles. The van der Waals surface area contributed by atoms with Gasteiger partial charge >= 0.3 is 0 Å². The highest BCUT2D eigenvalue weighted by molar-refractivity contribution is 5.76. The highest BCUT2D eigenvalue weighted by atomic mass is 16.5. The van der Waals surface area contributed by atoms with Crippen LogP contribution in [0.5, 0.6) is 11.5 Å². The molecule has 0 aliphatic heterocycles. The molecule has 0 radical (unpaired) electrons. The lowest BCUT2D eigenvalue weighted by molar-refractivity contribution is 0.481. The summed E-state index contributed by atoms with van der Waals surface area (Å²) in [6, 6.07) is 61.2. The fourth-order valence-electron chi connectivity index (χ4n) is 5.96. The zero-order chi connectivity index (χ0) is 32.8. The summed E-state index contributed by atoms with van der Waals surface area (Å²) in [4.78, 5) is 4.39. The summed E-state index contributed by atoms with van der Waals surface area (Å²) in [5.41, 5.74) is 5.90. The van der Waals surface area contributed by atoms with Gasteiger partial charge in [-0.05, 0) is 72.8 Å². The fraction of sp³-hybridized carbons (Fsp3) is 0. The molecule has 7 heteroatoms. The maximum absolute atomic E-state index is 6.49. The average molecular weight is 637 g/mol. The van der Waals surface area contributed by atoms with Gasteiger partial charge in [0.2, 0.25) is 0 Å². The van der Waals surface area contributed by atoms with Gasteiger partial charge in [0.25, 0.3) is 0 Å². The number of rotatable bonds is 10. The summed E-state index contributed by atoms with van der Waals surface area (Å²) in [7, 11) is 0. The normalized spacial score (nSPS) is 10.9. The van der Waals surface area contributed by atoms with Gasteiger partial charge in [0.05, 0.1) is 23.8 Å². The molecule has 0 unspecified atom stereocenters. The molecule has 0 amide bonds. The van der Waals surface area contributed by atoms with Crippen LogP contribution in [0.15, 0.2) is 194 Å². The van der Waals surface area contributed by atoms with E-state index in [1.54, 1.807) is 0 Å². The maximum Gasteiger partial charge on any atom is 0.141 e. The molecule has 0 saturated heterocycles. The van der Waals surface area contributed by atoms with E-state index in [9.17, 15) is 0 Å². The van der Waals surface area contributed by atoms with Crippen LogP contribution in [0.2, 0.25) is 0 Å². The van der Waals surface area contributed by atoms with Crippen LogP contribution in [0.1, 0.15) is 0 Å². The van der Waals surface area contributed by atoms with E-state index in [0.29, 0.717) is 11.5 Å². The molecule has 236 valence electrons. The van der Waals surface area contributed by atoms with Crippen LogP contribution in [-0.4, -0.2) is 19.6 Å². The summed E-state index contributed by atoms with van der Waals surface area (Å²) >= 11 is 0. The Hall–Kier alpha value is -6.86. The van der Waals surface area contributed by atoms with Crippen molar-refractivity contribution in [2.45, 2.75) is 0 Å². The number of anilines is 6. The molecular weight excluding hydrogens is 605 g/mol. The van der Waals surface area contributed by atoms with Crippen molar-refractivity contribution in [1.29, 1.82) is 0 Å². The van der Waals surface area contributed by atoms with Crippen LogP contribution in [0.3, 0.4) is 0 Å². The SMILES string of the molecule is c1ccc(N(c2ccccc2)c2ccnn2-c2cccc(Oc3cccc(-n4nccc4N(c4ccccc4)c4ccccc4)c3)c2)cc1. The lowest BCUT2D eigenvalue weighted by Crippen LogP contribution is -2.14. The largest absolute Gasteiger partial charge is 0.457 e. The number of para-hydroxylation sites is 4. The van der Waals surface area contributed by atoms with Crippen molar-refractivity contribution in [2.24, 2.45) is 0 Å². The van der Waals surface area contributed by atoms with Crippen molar-refractivity contribution in [2.75, 3.05) is 9.80 Å². The second-order valence-corrected chi connectivity index (χ2v) is 11.3. The standard InChI is InChI=1S/C42H32N6O/c1-5-15-33(16-6-1)45(34-17-7-2-8-18-34)41-27-29-43-47(41)37-23-13-25-39(31-37)49-40-26-14-24-38(32-40)48-42(28-30-44-48)46(35-19-9-3-10-20-35)36-21-11-4-12-22-36/h1-32H. The van der Waals surface area contributed by atoms with Crippen LogP contribution >= 0.6 is 0 Å². The number of aromatic nitrogens is 4. The van der Waals surface area contributed by atoms with E-state index in [-0.39, 0.29) is 0 Å². The van der Waals surface area contributed by atoms with Crippen LogP contribution < -0.4 is 14.5 Å². The zero-order valence-electron chi connectivity index (χ0n) is 26.6. The molecule has 0 bridgehead atoms. The molecule has 0 N–H and O–H groups in total. The summed E-state index contributed by atoms with van der Waals surface area (Å²) in [6.45, 7) is 0. The Morgan fingerprint density at radius 2 is 0.714 bits per heavy atom. The van der Waals surface area contributed by atoms with Crippen molar-refractivity contribution in [3.8, 4) is 22.9 Å². The summed E-state index contributed by atoms with van der Waals surface area (Å²) in [5, 5.41) is 9.47. The summed E-state index contributed by atoms with van der Waals surface area (Å²) in [6.07, 6.45) is 3.64. The molecule has 8 rings (SSSR count). The third kappa shape index (κ3) is 6.16. The van der Waals surface area contributed by atoms with Crippen LogP contribution in [0.25, 0.3) is 11.4 Å². The molecule has 6 aromatic carbocycles. The lowest BCUT2D eigenvalue weighted by atomic mass is 10.2. The van der Waals surface area contributed by atoms with Gasteiger partial charge < -0.3 is 4.74 Å². The first-order valence-corrected chi connectivity index (χ1v) is 16.1. The highest BCUT2D eigenvalue weighted by Crippen LogP contribution is 2.37. The summed E-state index contributed by atoms with van der Waals surface area (Å²) in [5.74, 6) is 3.20. The molecule has 8 aromatic rings. The first-order valence-electron chi connectivity index (χ1n) is 16.1. The number of ether oxygens (including phenoxy) is 1. The predicted molar refractivity (Wildman–Crippen MR) is 197 cm³/mol. The van der Waals surface area contributed by atoms with Crippen LogP contribution in [0.4, 0.5) is 34.4 Å². The molecular formula is C42H32N6O. The van der Waals surface area contributed by atoms with E-state index in [4.69, 9.17) is 14.9 Å². The zero-order valence-corrected chi connectivity index (χ0v) is 26.6. The van der Waals surface area contributed by atoms with Gasteiger partial charge in [0, 0.05) is 47.0 Å². The molecule has 2 heterocycles. The monoisotopic (exact) mass is 636 g/mol. The second-order valence-electron chi connectivity index (χ2n) is 11.3. The Morgan fingerprint density at radius 1 is 0.367 bits per heavy atom. The molecule has 0 aliphatic carbocycles. The molecule has 0 aliphatic rings. The minimum atomic E-state index is 0.693. The number of nitrogens with zero attached hydrogens (tertiary/aromatic N) is 6. The first-order chi connectivity index (χ1) is 24.3. The lowest BCUT2D eigenvalue weighted by Gasteiger charge is -2.26. The summed E-state index contributed by atoms with van der Waals surface area (Å²) < 4.78 is 10.3. The topological polar surface area (TPSA) is 51.4 Å². The Kier molecular flexibility index (Phi) is 8.12. The van der Waals surface area contributed by atoms with E-state index in [0.717, 1.165) is 45.8 Å². The van der Waals surface area contributed by atoms with Gasteiger partial charge in [-0.1, -0.05) is 84.9 Å². The number of hydrogen-bond donors (Lipinski definition) is 0.